The SMILES string of the molecule is COCCCn1c(SCC(=O)N2CCCC[C@H]2C)nnc1-c1ccco1. The summed E-state index contributed by atoms with van der Waals surface area (Å²) in [5.74, 6) is 1.92. The first kappa shape index (κ1) is 19.0. The van der Waals surface area contributed by atoms with Crippen molar-refractivity contribution >= 4 is 17.7 Å². The molecule has 1 fully saturated rings. The third kappa shape index (κ3) is 4.48. The fourth-order valence-electron chi connectivity index (χ4n) is 3.23. The topological polar surface area (TPSA) is 73.4 Å². The van der Waals surface area contributed by atoms with E-state index in [2.05, 4.69) is 17.1 Å². The zero-order valence-electron chi connectivity index (χ0n) is 15.4. The molecule has 1 amide bonds. The number of methoxy groups -OCH3 is 1. The number of carbonyl (C=O) groups excluding carboxylic acids is 1. The Balaban J connectivity index is 1.69. The summed E-state index contributed by atoms with van der Waals surface area (Å²) in [7, 11) is 1.69. The van der Waals surface area contributed by atoms with Gasteiger partial charge in [-0.3, -0.25) is 9.36 Å². The quantitative estimate of drug-likeness (QED) is 0.519. The van der Waals surface area contributed by atoms with Crippen molar-refractivity contribution in [3.63, 3.8) is 0 Å². The molecule has 8 heteroatoms. The number of hydrogen-bond acceptors (Lipinski definition) is 6. The summed E-state index contributed by atoms with van der Waals surface area (Å²) in [6, 6.07) is 4.03. The van der Waals surface area contributed by atoms with E-state index in [0.717, 1.165) is 31.0 Å². The van der Waals surface area contributed by atoms with Crippen LogP contribution in [-0.4, -0.2) is 57.6 Å². The smallest absolute Gasteiger partial charge is 0.233 e. The van der Waals surface area contributed by atoms with Crippen LogP contribution in [-0.2, 0) is 16.1 Å². The van der Waals surface area contributed by atoms with Gasteiger partial charge in [-0.15, -0.1) is 10.2 Å². The molecule has 7 nitrogen and oxygen atoms in total. The van der Waals surface area contributed by atoms with Gasteiger partial charge >= 0.3 is 0 Å². The van der Waals surface area contributed by atoms with E-state index in [1.165, 1.54) is 18.2 Å². The lowest BCUT2D eigenvalue weighted by atomic mass is 10.0. The second-order valence-electron chi connectivity index (χ2n) is 6.50. The van der Waals surface area contributed by atoms with Gasteiger partial charge < -0.3 is 14.1 Å². The first-order valence-electron chi connectivity index (χ1n) is 9.09. The van der Waals surface area contributed by atoms with Gasteiger partial charge in [0.05, 0.1) is 12.0 Å². The number of furan rings is 1. The van der Waals surface area contributed by atoms with E-state index in [4.69, 9.17) is 9.15 Å². The van der Waals surface area contributed by atoms with Crippen molar-refractivity contribution < 1.29 is 13.9 Å². The lowest BCUT2D eigenvalue weighted by Crippen LogP contribution is -2.43. The molecule has 0 N–H and O–H groups in total. The third-order valence-electron chi connectivity index (χ3n) is 4.64. The van der Waals surface area contributed by atoms with Crippen molar-refractivity contribution in [2.45, 2.75) is 50.4 Å². The van der Waals surface area contributed by atoms with Gasteiger partial charge in [0.2, 0.25) is 5.91 Å². The molecular weight excluding hydrogens is 352 g/mol. The Kier molecular flexibility index (Phi) is 6.73. The molecular formula is C18H26N4O3S. The number of ether oxygens (including phenoxy) is 1. The normalized spacial score (nSPS) is 17.6. The van der Waals surface area contributed by atoms with Gasteiger partial charge in [0.15, 0.2) is 16.7 Å². The van der Waals surface area contributed by atoms with Crippen molar-refractivity contribution in [1.82, 2.24) is 19.7 Å². The number of piperidine rings is 1. The Morgan fingerprint density at radius 1 is 1.42 bits per heavy atom. The maximum absolute atomic E-state index is 12.6. The van der Waals surface area contributed by atoms with E-state index >= 15 is 0 Å². The minimum Gasteiger partial charge on any atom is -0.461 e. The highest BCUT2D eigenvalue weighted by Crippen LogP contribution is 2.26. The Morgan fingerprint density at radius 2 is 2.31 bits per heavy atom. The fraction of sp³-hybridized carbons (Fsp3) is 0.611. The van der Waals surface area contributed by atoms with Gasteiger partial charge in [0.25, 0.3) is 0 Å². The molecule has 0 bridgehead atoms. The second-order valence-corrected chi connectivity index (χ2v) is 7.44. The van der Waals surface area contributed by atoms with E-state index in [-0.39, 0.29) is 5.91 Å². The number of hydrogen-bond donors (Lipinski definition) is 0. The van der Waals surface area contributed by atoms with Gasteiger partial charge in [0.1, 0.15) is 0 Å². The molecule has 142 valence electrons. The summed E-state index contributed by atoms with van der Waals surface area (Å²) in [5.41, 5.74) is 0. The van der Waals surface area contributed by atoms with Gasteiger partial charge in [-0.2, -0.15) is 0 Å². The van der Waals surface area contributed by atoms with Crippen molar-refractivity contribution in [2.75, 3.05) is 26.0 Å². The average molecular weight is 378 g/mol. The molecule has 0 radical (unpaired) electrons. The summed E-state index contributed by atoms with van der Waals surface area (Å²) < 4.78 is 12.6. The Morgan fingerprint density at radius 3 is 3.04 bits per heavy atom. The van der Waals surface area contributed by atoms with Crippen LogP contribution in [0.2, 0.25) is 0 Å². The van der Waals surface area contributed by atoms with E-state index in [9.17, 15) is 4.79 Å². The van der Waals surface area contributed by atoms with Crippen molar-refractivity contribution in [3.05, 3.63) is 18.4 Å². The van der Waals surface area contributed by atoms with Crippen molar-refractivity contribution in [1.29, 1.82) is 0 Å². The lowest BCUT2D eigenvalue weighted by molar-refractivity contribution is -0.131. The highest BCUT2D eigenvalue weighted by atomic mass is 32.2. The van der Waals surface area contributed by atoms with Crippen LogP contribution < -0.4 is 0 Å². The number of rotatable bonds is 8. The Labute approximate surface area is 158 Å². The van der Waals surface area contributed by atoms with Crippen molar-refractivity contribution in [2.24, 2.45) is 0 Å². The third-order valence-corrected chi connectivity index (χ3v) is 5.59. The predicted molar refractivity (Wildman–Crippen MR) is 100.0 cm³/mol. The largest absolute Gasteiger partial charge is 0.461 e. The van der Waals surface area contributed by atoms with Crippen LogP contribution in [0, 0.1) is 0 Å². The summed E-state index contributed by atoms with van der Waals surface area (Å²) >= 11 is 1.44. The van der Waals surface area contributed by atoms with Crippen molar-refractivity contribution in [3.8, 4) is 11.6 Å². The van der Waals surface area contributed by atoms with Crippen LogP contribution in [0.1, 0.15) is 32.6 Å². The number of carbonyl (C=O) groups is 1. The minimum absolute atomic E-state index is 0.174. The minimum atomic E-state index is 0.174. The second kappa shape index (κ2) is 9.23. The summed E-state index contributed by atoms with van der Waals surface area (Å²) in [6.45, 7) is 4.36. The highest BCUT2D eigenvalue weighted by Gasteiger charge is 2.24. The van der Waals surface area contributed by atoms with Crippen LogP contribution in [0.15, 0.2) is 28.0 Å². The fourth-order valence-corrected chi connectivity index (χ4v) is 4.08. The van der Waals surface area contributed by atoms with Gasteiger partial charge in [0, 0.05) is 32.8 Å². The van der Waals surface area contributed by atoms with Gasteiger partial charge in [-0.1, -0.05) is 11.8 Å². The zero-order chi connectivity index (χ0) is 18.4. The maximum atomic E-state index is 12.6. The van der Waals surface area contributed by atoms with Crippen LogP contribution in [0.25, 0.3) is 11.6 Å². The molecule has 0 unspecified atom stereocenters. The van der Waals surface area contributed by atoms with E-state index in [1.54, 1.807) is 13.4 Å². The number of thioether (sulfide) groups is 1. The Bertz CT molecular complexity index is 701. The van der Waals surface area contributed by atoms with E-state index in [1.807, 2.05) is 21.6 Å². The average Bonchev–Trinajstić information content (AvgIpc) is 3.30. The molecule has 1 saturated heterocycles. The zero-order valence-corrected chi connectivity index (χ0v) is 16.2. The van der Waals surface area contributed by atoms with Crippen LogP contribution in [0.3, 0.4) is 0 Å². The molecule has 0 aromatic carbocycles. The molecule has 3 rings (SSSR count). The number of aromatic nitrogens is 3. The van der Waals surface area contributed by atoms with E-state index in [0.29, 0.717) is 36.5 Å². The van der Waals surface area contributed by atoms with Crippen LogP contribution in [0.4, 0.5) is 0 Å². The summed E-state index contributed by atoms with van der Waals surface area (Å²) in [6.07, 6.45) is 5.85. The monoisotopic (exact) mass is 378 g/mol. The molecule has 3 heterocycles. The molecule has 26 heavy (non-hydrogen) atoms. The molecule has 2 aromatic rings. The standard InChI is InChI=1S/C18H26N4O3S/c1-14-7-3-4-9-21(14)16(23)13-26-18-20-19-17(15-8-5-12-25-15)22(18)10-6-11-24-2/h5,8,12,14H,3-4,6-7,9-11,13H2,1-2H3/t14-/m1/s1. The molecule has 0 saturated carbocycles. The summed E-state index contributed by atoms with van der Waals surface area (Å²) in [4.78, 5) is 14.6. The van der Waals surface area contributed by atoms with Gasteiger partial charge in [-0.05, 0) is 44.7 Å². The molecule has 2 aromatic heterocycles. The molecule has 0 aliphatic carbocycles. The number of nitrogens with zero attached hydrogens (tertiary/aromatic N) is 4. The molecule has 0 spiro atoms. The van der Waals surface area contributed by atoms with Gasteiger partial charge in [-0.25, -0.2) is 0 Å². The molecule has 1 aliphatic rings. The molecule has 1 aliphatic heterocycles. The first-order valence-corrected chi connectivity index (χ1v) is 10.1. The predicted octanol–water partition coefficient (Wildman–Crippen LogP) is 3.07. The maximum Gasteiger partial charge on any atom is 0.233 e. The van der Waals surface area contributed by atoms with Crippen LogP contribution in [0.5, 0.6) is 0 Å². The highest BCUT2D eigenvalue weighted by molar-refractivity contribution is 7.99. The van der Waals surface area contributed by atoms with Crippen LogP contribution >= 0.6 is 11.8 Å². The first-order chi connectivity index (χ1) is 12.7. The lowest BCUT2D eigenvalue weighted by Gasteiger charge is -2.33. The number of likely N-dealkylation sites (tertiary alicyclic amines) is 1. The molecule has 1 atom stereocenters. The van der Waals surface area contributed by atoms with E-state index < -0.39 is 0 Å². The Hall–Kier alpha value is -1.80. The summed E-state index contributed by atoms with van der Waals surface area (Å²) in [5, 5.41) is 9.31. The number of amides is 1.